The molecule has 0 saturated carbocycles. The number of allylic oxidation sites excluding steroid dienone is 3. The first-order valence-corrected chi connectivity index (χ1v) is 9.52. The van der Waals surface area contributed by atoms with Gasteiger partial charge in [-0.1, -0.05) is 0 Å². The highest BCUT2D eigenvalue weighted by atomic mass is 32.2. The van der Waals surface area contributed by atoms with Gasteiger partial charge in [0.25, 0.3) is 0 Å². The van der Waals surface area contributed by atoms with Crippen LogP contribution in [0.3, 0.4) is 0 Å². The molecule has 1 aromatic heterocycles. The van der Waals surface area contributed by atoms with Crippen molar-refractivity contribution in [3.05, 3.63) is 65.9 Å². The van der Waals surface area contributed by atoms with Gasteiger partial charge >= 0.3 is 6.18 Å². The molecule has 138 valence electrons. The molecule has 2 heterocycles. The third-order valence-electron chi connectivity index (χ3n) is 4.03. The number of rotatable bonds is 3. The van der Waals surface area contributed by atoms with E-state index in [2.05, 4.69) is 9.97 Å². The number of halogens is 3. The topological polar surface area (TPSA) is 66.1 Å². The molecule has 9 heteroatoms. The van der Waals surface area contributed by atoms with Gasteiger partial charge in [0.1, 0.15) is 11.9 Å². The third kappa shape index (κ3) is 3.52. The standard InChI is InChI=1S/C17H16F3N3O2S/c1-11-9-12(17(18,19)20)10-15(16-21-7-8-22-16)23(11)13-3-5-14(6-4-13)26(2,24)25/h3-10,15H,1-2H3,(H,21,22). The maximum absolute atomic E-state index is 13.2. The Morgan fingerprint density at radius 2 is 1.85 bits per heavy atom. The summed E-state index contributed by atoms with van der Waals surface area (Å²) in [6, 6.07) is 5.20. The number of hydrogen-bond donors (Lipinski definition) is 1. The molecule has 0 saturated heterocycles. The highest BCUT2D eigenvalue weighted by molar-refractivity contribution is 7.90. The van der Waals surface area contributed by atoms with Crippen molar-refractivity contribution in [2.24, 2.45) is 0 Å². The molecule has 2 aromatic rings. The lowest BCUT2D eigenvalue weighted by molar-refractivity contribution is -0.0888. The zero-order valence-electron chi connectivity index (χ0n) is 13.9. The van der Waals surface area contributed by atoms with Crippen molar-refractivity contribution in [3.8, 4) is 0 Å². The lowest BCUT2D eigenvalue weighted by atomic mass is 10.0. The summed E-state index contributed by atoms with van der Waals surface area (Å²) in [7, 11) is -3.36. The molecule has 3 rings (SSSR count). The van der Waals surface area contributed by atoms with E-state index in [9.17, 15) is 21.6 Å². The number of H-pyrrole nitrogens is 1. The monoisotopic (exact) mass is 383 g/mol. The van der Waals surface area contributed by atoms with E-state index in [1.54, 1.807) is 24.0 Å². The molecule has 26 heavy (non-hydrogen) atoms. The van der Waals surface area contributed by atoms with Crippen LogP contribution in [0.2, 0.25) is 0 Å². The SMILES string of the molecule is CC1=CC(C(F)(F)F)=CC(c2ncc[nH]2)N1c1ccc(S(C)(=O)=O)cc1. The van der Waals surface area contributed by atoms with Gasteiger partial charge in [0.05, 0.1) is 10.5 Å². The van der Waals surface area contributed by atoms with Crippen LogP contribution in [0.1, 0.15) is 18.8 Å². The number of anilines is 1. The fourth-order valence-corrected chi connectivity index (χ4v) is 3.47. The maximum atomic E-state index is 13.2. The lowest BCUT2D eigenvalue weighted by Gasteiger charge is -2.35. The van der Waals surface area contributed by atoms with E-state index in [1.165, 1.54) is 24.5 Å². The molecule has 0 bridgehead atoms. The Labute approximate surface area is 148 Å². The molecule has 1 aromatic carbocycles. The largest absolute Gasteiger partial charge is 0.416 e. The fraction of sp³-hybridized carbons (Fsp3) is 0.235. The van der Waals surface area contributed by atoms with Crippen molar-refractivity contribution in [2.45, 2.75) is 24.0 Å². The molecule has 1 aliphatic heterocycles. The normalized spacial score (nSPS) is 18.5. The van der Waals surface area contributed by atoms with Gasteiger partial charge in [-0.05, 0) is 43.3 Å². The highest BCUT2D eigenvalue weighted by Crippen LogP contribution is 2.39. The molecule has 0 aliphatic carbocycles. The van der Waals surface area contributed by atoms with Crippen molar-refractivity contribution in [2.75, 3.05) is 11.2 Å². The molecule has 0 spiro atoms. The first kappa shape index (κ1) is 18.2. The quantitative estimate of drug-likeness (QED) is 0.876. The molecule has 0 radical (unpaired) electrons. The maximum Gasteiger partial charge on any atom is 0.416 e. The summed E-state index contributed by atoms with van der Waals surface area (Å²) in [6.45, 7) is 1.57. The molecule has 1 aliphatic rings. The Morgan fingerprint density at radius 1 is 1.19 bits per heavy atom. The first-order chi connectivity index (χ1) is 12.1. The van der Waals surface area contributed by atoms with Gasteiger partial charge in [0, 0.05) is 30.0 Å². The minimum atomic E-state index is -4.47. The van der Waals surface area contributed by atoms with Crippen LogP contribution in [0.15, 0.2) is 65.0 Å². The van der Waals surface area contributed by atoms with E-state index in [0.717, 1.165) is 18.4 Å². The molecule has 0 fully saturated rings. The predicted molar refractivity (Wildman–Crippen MR) is 91.3 cm³/mol. The zero-order chi connectivity index (χ0) is 19.1. The average molecular weight is 383 g/mol. The Hall–Kier alpha value is -2.55. The van der Waals surface area contributed by atoms with Gasteiger partial charge in [-0.15, -0.1) is 0 Å². The fourth-order valence-electron chi connectivity index (χ4n) is 2.84. The lowest BCUT2D eigenvalue weighted by Crippen LogP contribution is -2.31. The predicted octanol–water partition coefficient (Wildman–Crippen LogP) is 3.77. The second kappa shape index (κ2) is 6.31. The Morgan fingerprint density at radius 3 is 2.35 bits per heavy atom. The van der Waals surface area contributed by atoms with E-state index in [-0.39, 0.29) is 4.90 Å². The van der Waals surface area contributed by atoms with E-state index < -0.39 is 27.6 Å². The van der Waals surface area contributed by atoms with Crippen molar-refractivity contribution in [1.82, 2.24) is 9.97 Å². The molecular weight excluding hydrogens is 367 g/mol. The second-order valence-electron chi connectivity index (χ2n) is 5.96. The van der Waals surface area contributed by atoms with Crippen LogP contribution in [-0.2, 0) is 9.84 Å². The Bertz CT molecular complexity index is 960. The highest BCUT2D eigenvalue weighted by Gasteiger charge is 2.37. The van der Waals surface area contributed by atoms with Crippen LogP contribution in [0.25, 0.3) is 0 Å². The number of aromatic nitrogens is 2. The van der Waals surface area contributed by atoms with E-state index in [4.69, 9.17) is 0 Å². The summed E-state index contributed by atoms with van der Waals surface area (Å²) in [5.41, 5.74) is 0.179. The van der Waals surface area contributed by atoms with E-state index >= 15 is 0 Å². The van der Waals surface area contributed by atoms with Gasteiger partial charge in [0.15, 0.2) is 9.84 Å². The van der Waals surface area contributed by atoms with Crippen LogP contribution in [-0.4, -0.2) is 30.8 Å². The summed E-state index contributed by atoms with van der Waals surface area (Å²) in [5, 5.41) is 0. The van der Waals surface area contributed by atoms with Crippen molar-refractivity contribution in [3.63, 3.8) is 0 Å². The molecule has 1 N–H and O–H groups in total. The van der Waals surface area contributed by atoms with Crippen LogP contribution in [0.4, 0.5) is 18.9 Å². The van der Waals surface area contributed by atoms with Crippen molar-refractivity contribution >= 4 is 15.5 Å². The molecule has 1 unspecified atom stereocenters. The molecule has 5 nitrogen and oxygen atoms in total. The number of nitrogens with one attached hydrogen (secondary N) is 1. The summed E-state index contributed by atoms with van der Waals surface area (Å²) < 4.78 is 62.9. The minimum absolute atomic E-state index is 0.140. The van der Waals surface area contributed by atoms with Crippen LogP contribution in [0.5, 0.6) is 0 Å². The average Bonchev–Trinajstić information content (AvgIpc) is 3.07. The summed E-state index contributed by atoms with van der Waals surface area (Å²) in [4.78, 5) is 8.74. The van der Waals surface area contributed by atoms with E-state index in [0.29, 0.717) is 17.2 Å². The van der Waals surface area contributed by atoms with Gasteiger partial charge in [-0.25, -0.2) is 13.4 Å². The van der Waals surface area contributed by atoms with Crippen LogP contribution >= 0.6 is 0 Å². The first-order valence-electron chi connectivity index (χ1n) is 7.63. The second-order valence-corrected chi connectivity index (χ2v) is 7.98. The summed E-state index contributed by atoms with van der Waals surface area (Å²) in [6.07, 6.45) is 1.78. The summed E-state index contributed by atoms with van der Waals surface area (Å²) in [5.74, 6) is 0.353. The molecule has 1 atom stereocenters. The van der Waals surface area contributed by atoms with Crippen molar-refractivity contribution in [1.29, 1.82) is 0 Å². The number of hydrogen-bond acceptors (Lipinski definition) is 4. The van der Waals surface area contributed by atoms with Crippen LogP contribution < -0.4 is 4.90 Å². The van der Waals surface area contributed by atoms with Gasteiger partial charge in [-0.2, -0.15) is 13.2 Å². The number of nitrogens with zero attached hydrogens (tertiary/aromatic N) is 2. The van der Waals surface area contributed by atoms with E-state index in [1.807, 2.05) is 0 Å². The molecule has 0 amide bonds. The number of alkyl halides is 3. The van der Waals surface area contributed by atoms with Crippen LogP contribution in [0, 0.1) is 0 Å². The number of aromatic amines is 1. The Balaban J connectivity index is 2.07. The van der Waals surface area contributed by atoms with Crippen molar-refractivity contribution < 1.29 is 21.6 Å². The zero-order valence-corrected chi connectivity index (χ0v) is 14.8. The van der Waals surface area contributed by atoms with Gasteiger partial charge < -0.3 is 9.88 Å². The van der Waals surface area contributed by atoms with Gasteiger partial charge in [-0.3, -0.25) is 0 Å². The Kier molecular flexibility index (Phi) is 4.43. The number of imidazole rings is 1. The molecular formula is C17H16F3N3O2S. The smallest absolute Gasteiger partial charge is 0.347 e. The third-order valence-corrected chi connectivity index (χ3v) is 5.16. The number of sulfone groups is 1. The number of benzene rings is 1. The minimum Gasteiger partial charge on any atom is -0.347 e. The summed E-state index contributed by atoms with van der Waals surface area (Å²) >= 11 is 0. The van der Waals surface area contributed by atoms with Gasteiger partial charge in [0.2, 0.25) is 0 Å².